The minimum Gasteiger partial charge on any atom is -0.497 e. The molecule has 0 spiro atoms. The first-order chi connectivity index (χ1) is 14.4. The number of carbonyl (C=O) groups is 1. The van der Waals surface area contributed by atoms with E-state index in [1.165, 1.54) is 11.8 Å². The Morgan fingerprint density at radius 1 is 1.27 bits per heavy atom. The van der Waals surface area contributed by atoms with Crippen LogP contribution in [0.2, 0.25) is 0 Å². The third kappa shape index (κ3) is 5.21. The summed E-state index contributed by atoms with van der Waals surface area (Å²) in [5.41, 5.74) is 1.06. The van der Waals surface area contributed by atoms with Crippen LogP contribution in [0.4, 0.5) is 5.69 Å². The molecule has 9 heteroatoms. The first kappa shape index (κ1) is 22.3. The zero-order valence-corrected chi connectivity index (χ0v) is 19.2. The first-order valence-electron chi connectivity index (χ1n) is 9.23. The van der Waals surface area contributed by atoms with Crippen LogP contribution in [-0.2, 0) is 16.1 Å². The molecule has 7 nitrogen and oxygen atoms in total. The molecule has 0 fully saturated rings. The number of thioether (sulfide) groups is 1. The van der Waals surface area contributed by atoms with Gasteiger partial charge in [0.2, 0.25) is 5.91 Å². The normalized spacial score (nSPS) is 12.0. The van der Waals surface area contributed by atoms with Crippen molar-refractivity contribution < 1.29 is 14.3 Å². The van der Waals surface area contributed by atoms with E-state index in [-0.39, 0.29) is 11.5 Å². The Hall–Kier alpha value is -2.36. The smallest absolute Gasteiger partial charge is 0.262 e. The van der Waals surface area contributed by atoms with E-state index in [9.17, 15) is 9.59 Å². The number of ether oxygens (including phenoxy) is 2. The molecule has 0 bridgehead atoms. The van der Waals surface area contributed by atoms with Crippen molar-refractivity contribution in [2.45, 2.75) is 23.9 Å². The number of amides is 1. The molecule has 0 saturated carbocycles. The Morgan fingerprint density at radius 3 is 2.80 bits per heavy atom. The number of rotatable bonds is 8. The summed E-state index contributed by atoms with van der Waals surface area (Å²) in [5, 5.41) is 3.38. The third-order valence-electron chi connectivity index (χ3n) is 4.39. The van der Waals surface area contributed by atoms with Crippen LogP contribution in [0.3, 0.4) is 0 Å². The van der Waals surface area contributed by atoms with E-state index < -0.39 is 5.25 Å². The van der Waals surface area contributed by atoms with Gasteiger partial charge >= 0.3 is 0 Å². The van der Waals surface area contributed by atoms with Crippen LogP contribution >= 0.6 is 27.7 Å². The van der Waals surface area contributed by atoms with Crippen molar-refractivity contribution in [2.24, 2.45) is 0 Å². The molecule has 0 aliphatic heterocycles. The molecular weight excluding hydrogens is 470 g/mol. The number of nitrogens with zero attached hydrogens (tertiary/aromatic N) is 2. The van der Waals surface area contributed by atoms with E-state index in [1.54, 1.807) is 62.1 Å². The Balaban J connectivity index is 1.88. The fourth-order valence-corrected chi connectivity index (χ4v) is 4.09. The summed E-state index contributed by atoms with van der Waals surface area (Å²) in [5.74, 6) is 0.459. The number of benzene rings is 2. The van der Waals surface area contributed by atoms with Crippen molar-refractivity contribution in [1.82, 2.24) is 9.55 Å². The Kier molecular flexibility index (Phi) is 7.52. The maximum Gasteiger partial charge on any atom is 0.262 e. The highest BCUT2D eigenvalue weighted by Gasteiger charge is 2.20. The number of nitrogens with one attached hydrogen (secondary N) is 1. The number of halogens is 1. The van der Waals surface area contributed by atoms with Gasteiger partial charge in [0, 0.05) is 23.3 Å². The molecule has 30 heavy (non-hydrogen) atoms. The van der Waals surface area contributed by atoms with Gasteiger partial charge in [-0.05, 0) is 37.3 Å². The van der Waals surface area contributed by atoms with Crippen molar-refractivity contribution in [2.75, 3.05) is 26.1 Å². The second kappa shape index (κ2) is 10.1. The molecule has 0 aliphatic carbocycles. The summed E-state index contributed by atoms with van der Waals surface area (Å²) >= 11 is 4.63. The van der Waals surface area contributed by atoms with Crippen LogP contribution in [0, 0.1) is 0 Å². The average molecular weight is 492 g/mol. The average Bonchev–Trinajstić information content (AvgIpc) is 2.74. The molecule has 1 aromatic heterocycles. The number of hydrogen-bond acceptors (Lipinski definition) is 6. The maximum atomic E-state index is 13.0. The predicted octanol–water partition coefficient (Wildman–Crippen LogP) is 3.93. The first-order valence-corrected chi connectivity index (χ1v) is 10.9. The van der Waals surface area contributed by atoms with Gasteiger partial charge in [-0.2, -0.15) is 0 Å². The van der Waals surface area contributed by atoms with Crippen LogP contribution in [0.15, 0.2) is 56.9 Å². The van der Waals surface area contributed by atoms with Crippen LogP contribution in [0.1, 0.15) is 6.92 Å². The SMILES string of the molecule is COCCn1c(SC(C)C(=O)Nc2cccc(OC)c2)nc2ccc(Br)cc2c1=O. The summed E-state index contributed by atoms with van der Waals surface area (Å²) in [6.07, 6.45) is 0. The van der Waals surface area contributed by atoms with E-state index in [0.717, 1.165) is 4.47 Å². The molecule has 0 saturated heterocycles. The van der Waals surface area contributed by atoms with Crippen molar-refractivity contribution >= 4 is 50.2 Å². The second-order valence-electron chi connectivity index (χ2n) is 6.49. The van der Waals surface area contributed by atoms with Crippen LogP contribution < -0.4 is 15.6 Å². The fourth-order valence-electron chi connectivity index (χ4n) is 2.80. The van der Waals surface area contributed by atoms with Gasteiger partial charge in [-0.25, -0.2) is 4.98 Å². The van der Waals surface area contributed by atoms with Gasteiger partial charge in [-0.3, -0.25) is 14.2 Å². The molecular formula is C21H22BrN3O4S. The van der Waals surface area contributed by atoms with E-state index in [1.807, 2.05) is 6.07 Å². The lowest BCUT2D eigenvalue weighted by Gasteiger charge is -2.16. The van der Waals surface area contributed by atoms with Gasteiger partial charge in [-0.1, -0.05) is 33.8 Å². The molecule has 1 amide bonds. The number of hydrogen-bond donors (Lipinski definition) is 1. The Morgan fingerprint density at radius 2 is 2.07 bits per heavy atom. The standard InChI is InChI=1S/C21H22BrN3O4S/c1-13(19(26)23-15-5-4-6-16(12-15)29-3)30-21-24-18-8-7-14(22)11-17(18)20(27)25(21)9-10-28-2/h4-8,11-13H,9-10H2,1-3H3,(H,23,26). The van der Waals surface area contributed by atoms with Crippen LogP contribution in [-0.4, -0.2) is 41.5 Å². The molecule has 0 radical (unpaired) electrons. The van der Waals surface area contributed by atoms with Gasteiger partial charge in [-0.15, -0.1) is 0 Å². The van der Waals surface area contributed by atoms with Crippen molar-refractivity contribution in [3.05, 3.63) is 57.3 Å². The fraction of sp³-hybridized carbons (Fsp3) is 0.286. The number of fused-ring (bicyclic) bond motifs is 1. The molecule has 3 aromatic rings. The van der Waals surface area contributed by atoms with Crippen LogP contribution in [0.5, 0.6) is 5.75 Å². The minimum absolute atomic E-state index is 0.166. The summed E-state index contributed by atoms with van der Waals surface area (Å²) in [6, 6.07) is 12.5. The second-order valence-corrected chi connectivity index (χ2v) is 8.71. The highest BCUT2D eigenvalue weighted by molar-refractivity contribution is 9.10. The van der Waals surface area contributed by atoms with Gasteiger partial charge in [0.1, 0.15) is 5.75 Å². The molecule has 1 heterocycles. The van der Waals surface area contributed by atoms with Crippen molar-refractivity contribution in [3.8, 4) is 5.75 Å². The van der Waals surface area contributed by atoms with E-state index in [2.05, 4.69) is 26.2 Å². The number of aromatic nitrogens is 2. The molecule has 0 aliphatic rings. The van der Waals surface area contributed by atoms with Gasteiger partial charge in [0.25, 0.3) is 5.56 Å². The number of anilines is 1. The molecule has 2 aromatic carbocycles. The molecule has 1 atom stereocenters. The largest absolute Gasteiger partial charge is 0.497 e. The Labute approximate surface area is 186 Å². The van der Waals surface area contributed by atoms with E-state index in [4.69, 9.17) is 9.47 Å². The lowest BCUT2D eigenvalue weighted by atomic mass is 10.2. The molecule has 1 unspecified atom stereocenters. The van der Waals surface area contributed by atoms with E-state index >= 15 is 0 Å². The van der Waals surface area contributed by atoms with Crippen LogP contribution in [0.25, 0.3) is 10.9 Å². The van der Waals surface area contributed by atoms with Crippen molar-refractivity contribution in [3.63, 3.8) is 0 Å². The zero-order chi connectivity index (χ0) is 21.7. The van der Waals surface area contributed by atoms with Gasteiger partial charge < -0.3 is 14.8 Å². The summed E-state index contributed by atoms with van der Waals surface area (Å²) in [6.45, 7) is 2.48. The van der Waals surface area contributed by atoms with E-state index in [0.29, 0.717) is 40.6 Å². The predicted molar refractivity (Wildman–Crippen MR) is 123 cm³/mol. The monoisotopic (exact) mass is 491 g/mol. The highest BCUT2D eigenvalue weighted by atomic mass is 79.9. The highest BCUT2D eigenvalue weighted by Crippen LogP contribution is 2.25. The number of methoxy groups -OCH3 is 2. The maximum absolute atomic E-state index is 13.0. The Bertz CT molecular complexity index is 1120. The summed E-state index contributed by atoms with van der Waals surface area (Å²) in [4.78, 5) is 30.4. The van der Waals surface area contributed by atoms with Crippen molar-refractivity contribution in [1.29, 1.82) is 0 Å². The summed E-state index contributed by atoms with van der Waals surface area (Å²) in [7, 11) is 3.15. The van der Waals surface area contributed by atoms with Gasteiger partial charge in [0.05, 0.1) is 36.4 Å². The lowest BCUT2D eigenvalue weighted by molar-refractivity contribution is -0.115. The quantitative estimate of drug-likeness (QED) is 0.379. The molecule has 158 valence electrons. The molecule has 1 N–H and O–H groups in total. The van der Waals surface area contributed by atoms with Gasteiger partial charge in [0.15, 0.2) is 5.16 Å². The minimum atomic E-state index is -0.482. The molecule has 3 rings (SSSR count). The zero-order valence-electron chi connectivity index (χ0n) is 16.8. The third-order valence-corrected chi connectivity index (χ3v) is 5.97. The number of carbonyl (C=O) groups excluding carboxylic acids is 1. The lowest BCUT2D eigenvalue weighted by Crippen LogP contribution is -2.28. The summed E-state index contributed by atoms with van der Waals surface area (Å²) < 4.78 is 12.7. The topological polar surface area (TPSA) is 82.4 Å².